The van der Waals surface area contributed by atoms with Crippen LogP contribution in [0.15, 0.2) is 32.8 Å². The molecule has 2 N–H and O–H groups in total. The van der Waals surface area contributed by atoms with Gasteiger partial charge >= 0.3 is 0 Å². The van der Waals surface area contributed by atoms with Crippen LogP contribution in [0.1, 0.15) is 11.3 Å². The number of hydrogen-bond donors (Lipinski definition) is 1. The zero-order valence-corrected chi connectivity index (χ0v) is 10.2. The van der Waals surface area contributed by atoms with Crippen LogP contribution < -0.4 is 5.73 Å². The molecular weight excluding hydrogens is 238 g/mol. The molecular formula is C11H9N3S2. The molecule has 0 spiro atoms. The molecule has 1 aromatic heterocycles. The van der Waals surface area contributed by atoms with Gasteiger partial charge in [-0.3, -0.25) is 0 Å². The van der Waals surface area contributed by atoms with Gasteiger partial charge in [-0.05, 0) is 25.1 Å². The Kier molecular flexibility index (Phi) is 3.13. The number of anilines is 1. The van der Waals surface area contributed by atoms with E-state index in [4.69, 9.17) is 11.0 Å². The number of nitrogens with zero attached hydrogens (tertiary/aromatic N) is 2. The summed E-state index contributed by atoms with van der Waals surface area (Å²) in [5.41, 5.74) is 8.14. The van der Waals surface area contributed by atoms with E-state index in [1.54, 1.807) is 29.5 Å². The van der Waals surface area contributed by atoms with Crippen molar-refractivity contribution in [3.63, 3.8) is 0 Å². The number of rotatable bonds is 2. The summed E-state index contributed by atoms with van der Waals surface area (Å²) in [6, 6.07) is 7.35. The van der Waals surface area contributed by atoms with Crippen molar-refractivity contribution in [1.82, 2.24) is 4.98 Å². The summed E-state index contributed by atoms with van der Waals surface area (Å²) in [7, 11) is 0. The second-order valence-electron chi connectivity index (χ2n) is 3.22. The van der Waals surface area contributed by atoms with Crippen molar-refractivity contribution in [2.75, 3.05) is 5.73 Å². The van der Waals surface area contributed by atoms with Crippen LogP contribution in [0.3, 0.4) is 0 Å². The molecule has 1 heterocycles. The normalized spacial score (nSPS) is 10.0. The summed E-state index contributed by atoms with van der Waals surface area (Å²) in [5, 5.41) is 10.8. The van der Waals surface area contributed by atoms with Crippen LogP contribution >= 0.6 is 23.1 Å². The maximum atomic E-state index is 8.81. The van der Waals surface area contributed by atoms with Gasteiger partial charge in [0.25, 0.3) is 0 Å². The lowest BCUT2D eigenvalue weighted by Gasteiger charge is -2.02. The minimum absolute atomic E-state index is 0.616. The highest BCUT2D eigenvalue weighted by Crippen LogP contribution is 2.34. The molecule has 0 radical (unpaired) electrons. The summed E-state index contributed by atoms with van der Waals surface area (Å²) in [6.45, 7) is 1.95. The fraction of sp³-hybridized carbons (Fsp3) is 0.0909. The lowest BCUT2D eigenvalue weighted by Crippen LogP contribution is -1.89. The molecule has 2 rings (SSSR count). The van der Waals surface area contributed by atoms with Crippen molar-refractivity contribution < 1.29 is 0 Å². The Hall–Kier alpha value is -1.51. The molecule has 0 atom stereocenters. The fourth-order valence-corrected chi connectivity index (χ4v) is 3.04. The third-order valence-corrected chi connectivity index (χ3v) is 4.07. The predicted octanol–water partition coefficient (Wildman–Crippen LogP) is 3.06. The Bertz CT molecular complexity index is 555. The molecule has 16 heavy (non-hydrogen) atoms. The number of hydrogen-bond acceptors (Lipinski definition) is 5. The minimum Gasteiger partial charge on any atom is -0.398 e. The van der Waals surface area contributed by atoms with Gasteiger partial charge in [-0.2, -0.15) is 5.26 Å². The highest BCUT2D eigenvalue weighted by Gasteiger charge is 2.06. The van der Waals surface area contributed by atoms with Crippen molar-refractivity contribution >= 4 is 28.8 Å². The maximum Gasteiger partial charge on any atom is 0.154 e. The fourth-order valence-electron chi connectivity index (χ4n) is 1.17. The van der Waals surface area contributed by atoms with Crippen LogP contribution in [0.5, 0.6) is 0 Å². The molecule has 0 saturated carbocycles. The average molecular weight is 247 g/mol. The Balaban J connectivity index is 2.30. The van der Waals surface area contributed by atoms with Crippen molar-refractivity contribution in [3.8, 4) is 6.07 Å². The first kappa shape index (κ1) is 11.0. The van der Waals surface area contributed by atoms with Gasteiger partial charge in [-0.25, -0.2) is 4.98 Å². The smallest absolute Gasteiger partial charge is 0.154 e. The van der Waals surface area contributed by atoms with Crippen LogP contribution in [0, 0.1) is 18.3 Å². The first-order valence-electron chi connectivity index (χ1n) is 4.58. The quantitative estimate of drug-likeness (QED) is 0.828. The van der Waals surface area contributed by atoms with Crippen LogP contribution in [0.2, 0.25) is 0 Å². The summed E-state index contributed by atoms with van der Waals surface area (Å²) in [5.74, 6) is 0. The lowest BCUT2D eigenvalue weighted by molar-refractivity contribution is 1.16. The van der Waals surface area contributed by atoms with Crippen LogP contribution in [0.25, 0.3) is 0 Å². The zero-order valence-electron chi connectivity index (χ0n) is 8.60. The summed E-state index contributed by atoms with van der Waals surface area (Å²) in [6.07, 6.45) is 0. The number of thiazole rings is 1. The third-order valence-electron chi connectivity index (χ3n) is 1.94. The maximum absolute atomic E-state index is 8.81. The van der Waals surface area contributed by atoms with E-state index in [1.165, 1.54) is 11.8 Å². The van der Waals surface area contributed by atoms with Gasteiger partial charge in [-0.1, -0.05) is 11.8 Å². The molecule has 0 bridgehead atoms. The van der Waals surface area contributed by atoms with E-state index in [2.05, 4.69) is 11.1 Å². The molecule has 2 aromatic rings. The molecule has 5 heteroatoms. The molecule has 0 saturated heterocycles. The number of nitriles is 1. The molecule has 1 aromatic carbocycles. The second-order valence-corrected chi connectivity index (χ2v) is 5.37. The molecule has 0 fully saturated rings. The van der Waals surface area contributed by atoms with E-state index < -0.39 is 0 Å². The van der Waals surface area contributed by atoms with Gasteiger partial charge in [0.05, 0.1) is 11.6 Å². The summed E-state index contributed by atoms with van der Waals surface area (Å²) in [4.78, 5) is 5.23. The molecule has 0 aliphatic rings. The topological polar surface area (TPSA) is 62.7 Å². The molecule has 3 nitrogen and oxygen atoms in total. The van der Waals surface area contributed by atoms with E-state index in [1.807, 2.05) is 12.3 Å². The number of benzene rings is 1. The van der Waals surface area contributed by atoms with Gasteiger partial charge in [0.2, 0.25) is 0 Å². The Morgan fingerprint density at radius 3 is 2.94 bits per heavy atom. The van der Waals surface area contributed by atoms with Gasteiger partial charge in [0.15, 0.2) is 4.34 Å². The predicted molar refractivity (Wildman–Crippen MR) is 66.5 cm³/mol. The van der Waals surface area contributed by atoms with E-state index in [0.717, 1.165) is 14.9 Å². The zero-order chi connectivity index (χ0) is 11.5. The van der Waals surface area contributed by atoms with Gasteiger partial charge in [0, 0.05) is 21.7 Å². The van der Waals surface area contributed by atoms with E-state index in [-0.39, 0.29) is 0 Å². The Labute approximate surface area is 102 Å². The number of nitrogens with two attached hydrogens (primary N) is 1. The van der Waals surface area contributed by atoms with Crippen LogP contribution in [-0.2, 0) is 0 Å². The first-order valence-corrected chi connectivity index (χ1v) is 6.28. The van der Waals surface area contributed by atoms with Crippen molar-refractivity contribution in [1.29, 1.82) is 5.26 Å². The van der Waals surface area contributed by atoms with E-state index >= 15 is 0 Å². The Morgan fingerprint density at radius 1 is 1.50 bits per heavy atom. The third kappa shape index (κ3) is 2.35. The van der Waals surface area contributed by atoms with Gasteiger partial charge < -0.3 is 5.73 Å². The monoisotopic (exact) mass is 247 g/mol. The van der Waals surface area contributed by atoms with E-state index in [0.29, 0.717) is 11.3 Å². The SMILES string of the molecule is Cc1csc(Sc2cc(C#N)ccc2N)n1. The largest absolute Gasteiger partial charge is 0.398 e. The van der Waals surface area contributed by atoms with Crippen molar-refractivity contribution in [3.05, 3.63) is 34.8 Å². The van der Waals surface area contributed by atoms with Gasteiger partial charge in [-0.15, -0.1) is 11.3 Å². The second kappa shape index (κ2) is 4.56. The van der Waals surface area contributed by atoms with Crippen molar-refractivity contribution in [2.45, 2.75) is 16.2 Å². The average Bonchev–Trinajstić information content (AvgIpc) is 2.67. The molecule has 0 aliphatic carbocycles. The number of nitrogen functional groups attached to an aromatic ring is 1. The number of aryl methyl sites for hydroxylation is 1. The van der Waals surface area contributed by atoms with Gasteiger partial charge in [0.1, 0.15) is 0 Å². The minimum atomic E-state index is 0.616. The Morgan fingerprint density at radius 2 is 2.31 bits per heavy atom. The van der Waals surface area contributed by atoms with Crippen LogP contribution in [-0.4, -0.2) is 4.98 Å². The first-order chi connectivity index (χ1) is 7.69. The lowest BCUT2D eigenvalue weighted by atomic mass is 10.2. The summed E-state index contributed by atoms with van der Waals surface area (Å²) < 4.78 is 0.944. The highest BCUT2D eigenvalue weighted by molar-refractivity contribution is 8.01. The summed E-state index contributed by atoms with van der Waals surface area (Å²) >= 11 is 3.08. The number of aromatic nitrogens is 1. The van der Waals surface area contributed by atoms with Crippen molar-refractivity contribution in [2.24, 2.45) is 0 Å². The van der Waals surface area contributed by atoms with Crippen LogP contribution in [0.4, 0.5) is 5.69 Å². The molecule has 80 valence electrons. The molecule has 0 aliphatic heterocycles. The van der Waals surface area contributed by atoms with E-state index in [9.17, 15) is 0 Å². The molecule has 0 unspecified atom stereocenters. The molecule has 0 amide bonds. The highest BCUT2D eigenvalue weighted by atomic mass is 32.2. The standard InChI is InChI=1S/C11H9N3S2/c1-7-6-15-11(14-7)16-10-4-8(5-12)2-3-9(10)13/h2-4,6H,13H2,1H3.